The Balaban J connectivity index is 1.26. The van der Waals surface area contributed by atoms with Crippen LogP contribution in [0.5, 0.6) is 5.75 Å². The van der Waals surface area contributed by atoms with E-state index in [2.05, 4.69) is 6.92 Å². The number of benzene rings is 3. The summed E-state index contributed by atoms with van der Waals surface area (Å²) in [5, 5.41) is 0. The summed E-state index contributed by atoms with van der Waals surface area (Å²) >= 11 is 0. The zero-order valence-electron chi connectivity index (χ0n) is 19.6. The van der Waals surface area contributed by atoms with Crippen LogP contribution >= 0.6 is 0 Å². The first-order chi connectivity index (χ1) is 17.0. The predicted octanol–water partition coefficient (Wildman–Crippen LogP) is 8.24. The van der Waals surface area contributed by atoms with Crippen molar-refractivity contribution in [3.05, 3.63) is 88.5 Å². The topological polar surface area (TPSA) is 21.8 Å². The van der Waals surface area contributed by atoms with Gasteiger partial charge in [-0.05, 0) is 66.3 Å². The predicted molar refractivity (Wildman–Crippen MR) is 126 cm³/mol. The van der Waals surface area contributed by atoms with Gasteiger partial charge in [0, 0.05) is 11.1 Å². The van der Waals surface area contributed by atoms with E-state index in [9.17, 15) is 13.2 Å². The Labute approximate surface area is 202 Å². The molecule has 1 saturated carbocycles. The molecule has 1 aliphatic carbocycles. The smallest absolute Gasteiger partial charge is 0.201 e. The van der Waals surface area contributed by atoms with Gasteiger partial charge in [0.2, 0.25) is 5.82 Å². The summed E-state index contributed by atoms with van der Waals surface area (Å²) in [5.41, 5.74) is 2.09. The Hall–Kier alpha value is -2.86. The van der Waals surface area contributed by atoms with E-state index in [0.29, 0.717) is 29.2 Å². The fourth-order valence-electron chi connectivity index (χ4n) is 5.06. The number of hydrogen-bond acceptors (Lipinski definition) is 2. The van der Waals surface area contributed by atoms with E-state index < -0.39 is 23.3 Å². The third-order valence-electron chi connectivity index (χ3n) is 7.39. The zero-order chi connectivity index (χ0) is 24.5. The minimum atomic E-state index is -1.05. The molecule has 2 aliphatic rings. The first kappa shape index (κ1) is 23.9. The average molecular weight is 485 g/mol. The highest BCUT2D eigenvalue weighted by Crippen LogP contribution is 2.40. The van der Waals surface area contributed by atoms with Crippen LogP contribution in [-0.2, 0) is 11.3 Å². The second-order valence-electron chi connectivity index (χ2n) is 9.54. The summed E-state index contributed by atoms with van der Waals surface area (Å²) < 4.78 is 68.9. The van der Waals surface area contributed by atoms with Gasteiger partial charge < -0.3 is 9.47 Å². The van der Waals surface area contributed by atoms with Gasteiger partial charge in [0.05, 0.1) is 6.61 Å². The maximum absolute atomic E-state index is 15.0. The van der Waals surface area contributed by atoms with Gasteiger partial charge in [0.1, 0.15) is 12.7 Å². The first-order valence-electron chi connectivity index (χ1n) is 12.3. The zero-order valence-corrected chi connectivity index (χ0v) is 19.6. The third kappa shape index (κ3) is 4.94. The molecule has 184 valence electrons. The number of ether oxygens (including phenoxy) is 2. The van der Waals surface area contributed by atoms with Crippen LogP contribution in [0.25, 0.3) is 11.1 Å². The minimum absolute atomic E-state index is 0.00608. The molecule has 0 radical (unpaired) electrons. The van der Waals surface area contributed by atoms with Gasteiger partial charge in [-0.3, -0.25) is 0 Å². The van der Waals surface area contributed by atoms with E-state index in [1.54, 1.807) is 36.4 Å². The molecule has 3 aromatic carbocycles. The number of hydrogen-bond donors (Lipinski definition) is 0. The summed E-state index contributed by atoms with van der Waals surface area (Å²) in [6.45, 7) is 2.57. The van der Waals surface area contributed by atoms with Crippen LogP contribution in [0.1, 0.15) is 67.7 Å². The van der Waals surface area contributed by atoms with E-state index in [4.69, 9.17) is 9.47 Å². The molecule has 1 atom stereocenters. The molecule has 1 heterocycles. The summed E-state index contributed by atoms with van der Waals surface area (Å²) in [6.07, 6.45) is 4.65. The Kier molecular flexibility index (Phi) is 6.83. The maximum atomic E-state index is 15.0. The van der Waals surface area contributed by atoms with Gasteiger partial charge in [-0.1, -0.05) is 49.7 Å². The third-order valence-corrected chi connectivity index (χ3v) is 7.39. The largest absolute Gasteiger partial charge is 0.486 e. The van der Waals surface area contributed by atoms with Crippen LogP contribution < -0.4 is 4.74 Å². The van der Waals surface area contributed by atoms with Gasteiger partial charge in [-0.25, -0.2) is 13.2 Å². The van der Waals surface area contributed by atoms with Crippen molar-refractivity contribution in [1.29, 1.82) is 0 Å². The van der Waals surface area contributed by atoms with Crippen molar-refractivity contribution >= 4 is 0 Å². The second kappa shape index (κ2) is 10.0. The van der Waals surface area contributed by atoms with E-state index in [1.807, 2.05) is 0 Å². The van der Waals surface area contributed by atoms with Crippen LogP contribution in [0.3, 0.4) is 0 Å². The van der Waals surface area contributed by atoms with Crippen molar-refractivity contribution in [3.8, 4) is 16.9 Å². The quantitative estimate of drug-likeness (QED) is 0.249. The number of rotatable bonds is 7. The average Bonchev–Trinajstić information content (AvgIpc) is 3.72. The summed E-state index contributed by atoms with van der Waals surface area (Å²) in [5.74, 6) is -3.03. The van der Waals surface area contributed by atoms with Crippen molar-refractivity contribution < 1.29 is 27.0 Å². The van der Waals surface area contributed by atoms with Crippen molar-refractivity contribution in [2.75, 3.05) is 6.61 Å². The summed E-state index contributed by atoms with van der Waals surface area (Å²) in [4.78, 5) is 0. The fourth-order valence-corrected chi connectivity index (χ4v) is 5.06. The lowest BCUT2D eigenvalue weighted by Crippen LogP contribution is -2.14. The maximum Gasteiger partial charge on any atom is 0.201 e. The first-order valence-corrected chi connectivity index (χ1v) is 12.3. The molecule has 35 heavy (non-hydrogen) atoms. The van der Waals surface area contributed by atoms with Crippen LogP contribution in [0.15, 0.2) is 48.5 Å². The lowest BCUT2D eigenvalue weighted by Gasteiger charge is -2.28. The SMILES string of the molecule is CCC1CCC(c2ccc(-c3ccc(COc4ccc(C5CO5)c(F)c4F)cc3)c(F)c2F)CC1. The highest BCUT2D eigenvalue weighted by Gasteiger charge is 2.30. The Morgan fingerprint density at radius 1 is 0.771 bits per heavy atom. The van der Waals surface area contributed by atoms with Crippen molar-refractivity contribution in [2.45, 2.75) is 57.7 Å². The normalized spacial score (nSPS) is 21.7. The fraction of sp³-hybridized carbons (Fsp3) is 0.379. The molecular weight excluding hydrogens is 456 g/mol. The molecule has 0 N–H and O–H groups in total. The molecule has 1 aliphatic heterocycles. The molecule has 0 bridgehead atoms. The second-order valence-corrected chi connectivity index (χ2v) is 9.54. The Morgan fingerprint density at radius 3 is 2.09 bits per heavy atom. The van der Waals surface area contributed by atoms with Gasteiger partial charge in [0.25, 0.3) is 0 Å². The number of halogens is 4. The van der Waals surface area contributed by atoms with E-state index >= 15 is 4.39 Å². The van der Waals surface area contributed by atoms with Crippen molar-refractivity contribution in [2.24, 2.45) is 5.92 Å². The molecule has 6 heteroatoms. The lowest BCUT2D eigenvalue weighted by atomic mass is 9.77. The molecule has 1 unspecified atom stereocenters. The van der Waals surface area contributed by atoms with E-state index in [-0.39, 0.29) is 35.5 Å². The molecule has 2 nitrogen and oxygen atoms in total. The van der Waals surface area contributed by atoms with Crippen LogP contribution in [0.2, 0.25) is 0 Å². The Morgan fingerprint density at radius 2 is 1.43 bits per heavy atom. The molecule has 2 fully saturated rings. The molecule has 1 saturated heterocycles. The highest BCUT2D eigenvalue weighted by molar-refractivity contribution is 5.65. The van der Waals surface area contributed by atoms with Gasteiger partial charge in [-0.2, -0.15) is 4.39 Å². The lowest BCUT2D eigenvalue weighted by molar-refractivity contribution is 0.283. The van der Waals surface area contributed by atoms with Crippen molar-refractivity contribution in [3.63, 3.8) is 0 Å². The molecular formula is C29H28F4O2. The van der Waals surface area contributed by atoms with E-state index in [0.717, 1.165) is 32.1 Å². The molecule has 5 rings (SSSR count). The van der Waals surface area contributed by atoms with Crippen LogP contribution in [0.4, 0.5) is 17.6 Å². The van der Waals surface area contributed by atoms with Crippen LogP contribution in [0, 0.1) is 29.2 Å². The molecule has 0 spiro atoms. The molecule has 0 amide bonds. The van der Waals surface area contributed by atoms with Gasteiger partial charge in [-0.15, -0.1) is 0 Å². The van der Waals surface area contributed by atoms with Gasteiger partial charge in [0.15, 0.2) is 23.2 Å². The monoisotopic (exact) mass is 484 g/mol. The number of epoxide rings is 1. The van der Waals surface area contributed by atoms with E-state index in [1.165, 1.54) is 12.1 Å². The molecule has 0 aromatic heterocycles. The van der Waals surface area contributed by atoms with Gasteiger partial charge >= 0.3 is 0 Å². The standard InChI is InChI=1S/C29H28F4O2/c1-2-17-3-7-19(8-4-17)21-11-12-22(27(31)26(21)30)20-9-5-18(6-10-20)15-34-24-14-13-23(25-16-35-25)28(32)29(24)33/h5-6,9-14,17,19,25H,2-4,7-8,15-16H2,1H3. The Bertz CT molecular complexity index is 1200. The summed E-state index contributed by atoms with van der Waals surface area (Å²) in [6, 6.07) is 13.0. The van der Waals surface area contributed by atoms with Crippen LogP contribution in [-0.4, -0.2) is 6.61 Å². The highest BCUT2D eigenvalue weighted by atomic mass is 19.2. The van der Waals surface area contributed by atoms with Crippen molar-refractivity contribution in [1.82, 2.24) is 0 Å². The summed E-state index contributed by atoms with van der Waals surface area (Å²) in [7, 11) is 0. The molecule has 3 aromatic rings. The minimum Gasteiger partial charge on any atom is -0.486 e.